The Labute approximate surface area is 161 Å². The molecule has 2 aromatic rings. The molecule has 0 aromatic heterocycles. The summed E-state index contributed by atoms with van der Waals surface area (Å²) in [6, 6.07) is 18.8. The highest BCUT2D eigenvalue weighted by atomic mass is 31.2. The Morgan fingerprint density at radius 1 is 0.926 bits per heavy atom. The van der Waals surface area contributed by atoms with Crippen molar-refractivity contribution < 1.29 is 23.1 Å². The SMILES string of the molecule is CCCCC(=O)OC(C)P(=O)(OCc1ccccc1)OCc1ccccc1. The largest absolute Gasteiger partial charge is 0.450 e. The third kappa shape index (κ3) is 7.30. The first kappa shape index (κ1) is 21.4. The van der Waals surface area contributed by atoms with Gasteiger partial charge in [-0.1, -0.05) is 74.0 Å². The van der Waals surface area contributed by atoms with E-state index in [4.69, 9.17) is 13.8 Å². The van der Waals surface area contributed by atoms with Crippen molar-refractivity contribution in [1.82, 2.24) is 0 Å². The molecule has 5 nitrogen and oxygen atoms in total. The second-order valence-corrected chi connectivity index (χ2v) is 8.57. The van der Waals surface area contributed by atoms with E-state index >= 15 is 0 Å². The molecule has 0 aliphatic carbocycles. The summed E-state index contributed by atoms with van der Waals surface area (Å²) in [6.07, 6.45) is 1.90. The van der Waals surface area contributed by atoms with E-state index in [1.54, 1.807) is 6.92 Å². The first-order valence-electron chi connectivity index (χ1n) is 9.19. The predicted molar refractivity (Wildman–Crippen MR) is 105 cm³/mol. The molecule has 1 atom stereocenters. The normalized spacial score (nSPS) is 12.5. The lowest BCUT2D eigenvalue weighted by Crippen LogP contribution is -2.18. The fraction of sp³-hybridized carbons (Fsp3) is 0.381. The quantitative estimate of drug-likeness (QED) is 0.364. The molecular weight excluding hydrogens is 363 g/mol. The molecule has 2 rings (SSSR count). The number of rotatable bonds is 11. The number of carbonyl (C=O) groups excluding carboxylic acids is 1. The van der Waals surface area contributed by atoms with Crippen LogP contribution in [0, 0.1) is 0 Å². The van der Waals surface area contributed by atoms with Gasteiger partial charge in [0, 0.05) is 6.42 Å². The molecule has 0 spiro atoms. The maximum absolute atomic E-state index is 13.3. The van der Waals surface area contributed by atoms with Gasteiger partial charge in [-0.2, -0.15) is 0 Å². The zero-order chi connectivity index (χ0) is 19.5. The minimum absolute atomic E-state index is 0.115. The van der Waals surface area contributed by atoms with Crippen LogP contribution in [0.2, 0.25) is 0 Å². The molecule has 2 aromatic carbocycles. The van der Waals surface area contributed by atoms with Crippen molar-refractivity contribution >= 4 is 13.6 Å². The van der Waals surface area contributed by atoms with Gasteiger partial charge < -0.3 is 13.8 Å². The molecule has 0 radical (unpaired) electrons. The molecule has 1 unspecified atom stereocenters. The minimum Gasteiger partial charge on any atom is -0.450 e. The van der Waals surface area contributed by atoms with Crippen LogP contribution in [-0.2, 0) is 36.4 Å². The number of unbranched alkanes of at least 4 members (excludes halogenated alkanes) is 1. The second-order valence-electron chi connectivity index (χ2n) is 6.25. The number of ether oxygens (including phenoxy) is 1. The number of esters is 1. The molecule has 0 N–H and O–H groups in total. The summed E-state index contributed by atoms with van der Waals surface area (Å²) in [7, 11) is -3.67. The number of hydrogen-bond donors (Lipinski definition) is 0. The molecular formula is C21H27O5P. The summed E-state index contributed by atoms with van der Waals surface area (Å²) in [5.74, 6) is -1.37. The highest BCUT2D eigenvalue weighted by molar-refractivity contribution is 7.54. The molecule has 146 valence electrons. The molecule has 27 heavy (non-hydrogen) atoms. The van der Waals surface area contributed by atoms with Gasteiger partial charge >= 0.3 is 13.6 Å². The molecule has 0 saturated heterocycles. The van der Waals surface area contributed by atoms with Crippen LogP contribution in [0.3, 0.4) is 0 Å². The minimum atomic E-state index is -3.67. The Hall–Kier alpha value is -1.94. The van der Waals surface area contributed by atoms with Crippen LogP contribution >= 0.6 is 7.60 Å². The Balaban J connectivity index is 2.05. The van der Waals surface area contributed by atoms with Crippen LogP contribution < -0.4 is 0 Å². The highest BCUT2D eigenvalue weighted by Crippen LogP contribution is 2.54. The van der Waals surface area contributed by atoms with Gasteiger partial charge in [-0.05, 0) is 24.5 Å². The van der Waals surface area contributed by atoms with E-state index in [9.17, 15) is 9.36 Å². The maximum Gasteiger partial charge on any atom is 0.371 e. The summed E-state index contributed by atoms with van der Waals surface area (Å²) >= 11 is 0. The zero-order valence-corrected chi connectivity index (χ0v) is 16.8. The second kappa shape index (κ2) is 11.0. The monoisotopic (exact) mass is 390 g/mol. The number of benzene rings is 2. The average Bonchev–Trinajstić information content (AvgIpc) is 2.70. The molecule has 0 saturated carbocycles. The van der Waals surface area contributed by atoms with Gasteiger partial charge in [-0.25, -0.2) is 0 Å². The third-order valence-corrected chi connectivity index (χ3v) is 5.96. The average molecular weight is 390 g/mol. The summed E-state index contributed by atoms with van der Waals surface area (Å²) in [4.78, 5) is 12.0. The number of hydrogen-bond acceptors (Lipinski definition) is 5. The fourth-order valence-electron chi connectivity index (χ4n) is 2.36. The van der Waals surface area contributed by atoms with Crippen LogP contribution in [-0.4, -0.2) is 11.8 Å². The summed E-state index contributed by atoms with van der Waals surface area (Å²) in [5, 5.41) is 0. The van der Waals surface area contributed by atoms with Gasteiger partial charge in [0.05, 0.1) is 13.2 Å². The van der Waals surface area contributed by atoms with Crippen LogP contribution in [0.5, 0.6) is 0 Å². The molecule has 0 aliphatic rings. The van der Waals surface area contributed by atoms with E-state index < -0.39 is 19.4 Å². The Morgan fingerprint density at radius 3 is 1.85 bits per heavy atom. The van der Waals surface area contributed by atoms with Gasteiger partial charge in [0.25, 0.3) is 0 Å². The lowest BCUT2D eigenvalue weighted by atomic mass is 10.2. The molecule has 6 heteroatoms. The van der Waals surface area contributed by atoms with Crippen molar-refractivity contribution in [2.75, 3.05) is 0 Å². The Bertz CT molecular complexity index is 685. The van der Waals surface area contributed by atoms with E-state index in [-0.39, 0.29) is 19.6 Å². The van der Waals surface area contributed by atoms with Gasteiger partial charge in [0.15, 0.2) is 5.85 Å². The van der Waals surface area contributed by atoms with Crippen molar-refractivity contribution in [2.24, 2.45) is 0 Å². The van der Waals surface area contributed by atoms with E-state index in [2.05, 4.69) is 0 Å². The van der Waals surface area contributed by atoms with Crippen LogP contribution in [0.15, 0.2) is 60.7 Å². The van der Waals surface area contributed by atoms with E-state index in [0.29, 0.717) is 0 Å². The zero-order valence-electron chi connectivity index (χ0n) is 15.9. The van der Waals surface area contributed by atoms with E-state index in [1.807, 2.05) is 67.6 Å². The van der Waals surface area contributed by atoms with Gasteiger partial charge in [0.1, 0.15) is 0 Å². The van der Waals surface area contributed by atoms with Crippen LogP contribution in [0.25, 0.3) is 0 Å². The topological polar surface area (TPSA) is 61.8 Å². The van der Waals surface area contributed by atoms with Crippen molar-refractivity contribution in [3.8, 4) is 0 Å². The smallest absolute Gasteiger partial charge is 0.371 e. The summed E-state index contributed by atoms with van der Waals surface area (Å²) in [5.41, 5.74) is 1.73. The van der Waals surface area contributed by atoms with Crippen molar-refractivity contribution in [3.63, 3.8) is 0 Å². The van der Waals surface area contributed by atoms with E-state index in [1.165, 1.54) is 0 Å². The van der Waals surface area contributed by atoms with Crippen LogP contribution in [0.1, 0.15) is 44.2 Å². The molecule has 0 fully saturated rings. The first-order chi connectivity index (χ1) is 13.0. The van der Waals surface area contributed by atoms with Crippen molar-refractivity contribution in [3.05, 3.63) is 71.8 Å². The molecule has 0 aliphatic heterocycles. The van der Waals surface area contributed by atoms with Crippen molar-refractivity contribution in [2.45, 2.75) is 52.2 Å². The molecule has 0 amide bonds. The Kier molecular flexibility index (Phi) is 8.73. The van der Waals surface area contributed by atoms with Gasteiger partial charge in [-0.15, -0.1) is 0 Å². The highest BCUT2D eigenvalue weighted by Gasteiger charge is 2.36. The van der Waals surface area contributed by atoms with Gasteiger partial charge in [-0.3, -0.25) is 9.36 Å². The fourth-order valence-corrected chi connectivity index (χ4v) is 3.76. The van der Waals surface area contributed by atoms with E-state index in [0.717, 1.165) is 24.0 Å². The van der Waals surface area contributed by atoms with Crippen molar-refractivity contribution in [1.29, 1.82) is 0 Å². The predicted octanol–water partition coefficient (Wildman–Crippen LogP) is 5.69. The van der Waals surface area contributed by atoms with Gasteiger partial charge in [0.2, 0.25) is 0 Å². The third-order valence-electron chi connectivity index (χ3n) is 3.99. The first-order valence-corrected chi connectivity index (χ1v) is 10.8. The molecule has 0 heterocycles. The summed E-state index contributed by atoms with van der Waals surface area (Å²) < 4.78 is 30.0. The standard InChI is InChI=1S/C21H27O5P/c1-3-4-15-21(22)26-18(2)27(23,24-16-19-11-7-5-8-12-19)25-17-20-13-9-6-10-14-20/h5-14,18H,3-4,15-17H2,1-2H3. The maximum atomic E-state index is 13.3. The molecule has 0 bridgehead atoms. The lowest BCUT2D eigenvalue weighted by molar-refractivity contribution is -0.146. The lowest BCUT2D eigenvalue weighted by Gasteiger charge is -2.24. The number of carbonyl (C=O) groups is 1. The summed E-state index contributed by atoms with van der Waals surface area (Å²) in [6.45, 7) is 3.78. The van der Waals surface area contributed by atoms with Crippen LogP contribution in [0.4, 0.5) is 0 Å². The Morgan fingerprint density at radius 2 is 1.41 bits per heavy atom.